The molecule has 2 N–H and O–H groups in total. The van der Waals surface area contributed by atoms with Crippen LogP contribution in [0, 0.1) is 5.92 Å². The number of hydrogen-bond acceptors (Lipinski definition) is 4. The van der Waals surface area contributed by atoms with E-state index in [1.165, 1.54) is 7.05 Å². The first-order valence-electron chi connectivity index (χ1n) is 6.48. The second kappa shape index (κ2) is 5.52. The molecule has 0 saturated heterocycles. The lowest BCUT2D eigenvalue weighted by molar-refractivity contribution is -0.117. The summed E-state index contributed by atoms with van der Waals surface area (Å²) in [6, 6.07) is 1.61. The summed E-state index contributed by atoms with van der Waals surface area (Å²) in [5, 5.41) is 12.7. The molecule has 1 aromatic heterocycles. The smallest absolute Gasteiger partial charge is 0.271 e. The summed E-state index contributed by atoms with van der Waals surface area (Å²) in [7, 11) is 1.51. The van der Waals surface area contributed by atoms with Crippen molar-refractivity contribution in [2.45, 2.75) is 32.4 Å². The topological polar surface area (TPSA) is 84.0 Å². The molecule has 0 aromatic carbocycles. The van der Waals surface area contributed by atoms with Gasteiger partial charge in [-0.05, 0) is 24.0 Å². The summed E-state index contributed by atoms with van der Waals surface area (Å²) in [6.07, 6.45) is -0.801. The van der Waals surface area contributed by atoms with Gasteiger partial charge in [-0.15, -0.1) is 10.2 Å². The van der Waals surface area contributed by atoms with Crippen molar-refractivity contribution in [3.05, 3.63) is 17.3 Å². The molecule has 2 amide bonds. The number of halogens is 1. The summed E-state index contributed by atoms with van der Waals surface area (Å²) in [5.74, 6) is -1.02. The molecule has 1 aliphatic carbocycles. The van der Waals surface area contributed by atoms with Crippen molar-refractivity contribution in [2.75, 3.05) is 12.4 Å². The minimum Gasteiger partial charge on any atom is -0.354 e. The van der Waals surface area contributed by atoms with Crippen LogP contribution in [0.15, 0.2) is 6.07 Å². The third kappa shape index (κ3) is 2.92. The number of rotatable bonds is 4. The van der Waals surface area contributed by atoms with Crippen LogP contribution >= 0.6 is 0 Å². The van der Waals surface area contributed by atoms with E-state index in [-0.39, 0.29) is 29.8 Å². The van der Waals surface area contributed by atoms with Crippen molar-refractivity contribution in [2.24, 2.45) is 5.92 Å². The van der Waals surface area contributed by atoms with Gasteiger partial charge >= 0.3 is 0 Å². The molecule has 108 valence electrons. The predicted molar refractivity (Wildman–Crippen MR) is 71.1 cm³/mol. The summed E-state index contributed by atoms with van der Waals surface area (Å²) < 4.78 is 12.8. The highest BCUT2D eigenvalue weighted by molar-refractivity contribution is 5.96. The normalized spacial score (nSPS) is 20.6. The van der Waals surface area contributed by atoms with Crippen molar-refractivity contribution < 1.29 is 14.0 Å². The molecule has 1 aliphatic rings. The first kappa shape index (κ1) is 14.4. The molecular weight excluding hydrogens is 263 g/mol. The van der Waals surface area contributed by atoms with Crippen LogP contribution in [-0.4, -0.2) is 35.2 Å². The van der Waals surface area contributed by atoms with E-state index < -0.39 is 18.0 Å². The fourth-order valence-corrected chi connectivity index (χ4v) is 1.86. The summed E-state index contributed by atoms with van der Waals surface area (Å²) in [6.45, 7) is 3.82. The van der Waals surface area contributed by atoms with Crippen molar-refractivity contribution >= 4 is 17.6 Å². The van der Waals surface area contributed by atoms with Crippen LogP contribution < -0.4 is 10.6 Å². The first-order valence-corrected chi connectivity index (χ1v) is 6.48. The van der Waals surface area contributed by atoms with E-state index >= 15 is 0 Å². The van der Waals surface area contributed by atoms with E-state index in [1.807, 2.05) is 13.8 Å². The predicted octanol–water partition coefficient (Wildman–Crippen LogP) is 1.26. The molecule has 20 heavy (non-hydrogen) atoms. The molecule has 2 rings (SSSR count). The fraction of sp³-hybridized carbons (Fsp3) is 0.538. The van der Waals surface area contributed by atoms with Gasteiger partial charge in [-0.1, -0.05) is 13.8 Å². The summed E-state index contributed by atoms with van der Waals surface area (Å²) in [5.41, 5.74) is 0.914. The zero-order valence-electron chi connectivity index (χ0n) is 11.6. The van der Waals surface area contributed by atoms with E-state index in [0.717, 1.165) is 0 Å². The average Bonchev–Trinajstić information content (AvgIpc) is 3.15. The van der Waals surface area contributed by atoms with Gasteiger partial charge in [0.15, 0.2) is 11.5 Å². The maximum absolute atomic E-state index is 12.8. The third-order valence-electron chi connectivity index (χ3n) is 3.19. The van der Waals surface area contributed by atoms with Crippen LogP contribution in [0.4, 0.5) is 10.2 Å². The van der Waals surface area contributed by atoms with E-state index in [2.05, 4.69) is 20.8 Å². The van der Waals surface area contributed by atoms with Gasteiger partial charge in [0.05, 0.1) is 5.92 Å². The fourth-order valence-electron chi connectivity index (χ4n) is 1.86. The number of nitrogens with one attached hydrogen (secondary N) is 2. The maximum atomic E-state index is 12.8. The Balaban J connectivity index is 2.21. The van der Waals surface area contributed by atoms with Gasteiger partial charge in [0.25, 0.3) is 5.91 Å². The van der Waals surface area contributed by atoms with Gasteiger partial charge in [-0.2, -0.15) is 0 Å². The second-order valence-corrected chi connectivity index (χ2v) is 5.11. The number of carbonyl (C=O) groups is 2. The lowest BCUT2D eigenvalue weighted by Gasteiger charge is -2.12. The molecule has 0 spiro atoms. The van der Waals surface area contributed by atoms with Crippen LogP contribution in [0.5, 0.6) is 0 Å². The summed E-state index contributed by atoms with van der Waals surface area (Å²) >= 11 is 0. The lowest BCUT2D eigenvalue weighted by Crippen LogP contribution is -2.23. The summed E-state index contributed by atoms with van der Waals surface area (Å²) in [4.78, 5) is 23.3. The van der Waals surface area contributed by atoms with Gasteiger partial charge in [-0.3, -0.25) is 9.59 Å². The van der Waals surface area contributed by atoms with Gasteiger partial charge < -0.3 is 10.6 Å². The standard InChI is InChI=1S/C13H17FN4O2/c1-6(2)7-5-10(16-12(19)8-4-9(8)14)17-18-11(7)13(20)15-3/h5-6,8-9H,4H2,1-3H3,(H,15,20)(H,16,17,19)/t8-,9+/m1/s1. The van der Waals surface area contributed by atoms with Gasteiger partial charge in [-0.25, -0.2) is 4.39 Å². The number of anilines is 1. The number of hydrogen-bond donors (Lipinski definition) is 2. The number of carbonyl (C=O) groups excluding carboxylic acids is 2. The number of amides is 2. The van der Waals surface area contributed by atoms with Crippen molar-refractivity contribution in [1.29, 1.82) is 0 Å². The molecule has 0 aliphatic heterocycles. The van der Waals surface area contributed by atoms with E-state index in [0.29, 0.717) is 5.56 Å². The van der Waals surface area contributed by atoms with Gasteiger partial charge in [0.2, 0.25) is 5.91 Å². The van der Waals surface area contributed by atoms with Crippen LogP contribution in [0.1, 0.15) is 42.2 Å². The van der Waals surface area contributed by atoms with Crippen molar-refractivity contribution in [3.8, 4) is 0 Å². The molecule has 1 heterocycles. The van der Waals surface area contributed by atoms with E-state index in [1.54, 1.807) is 6.07 Å². The van der Waals surface area contributed by atoms with Gasteiger partial charge in [0.1, 0.15) is 6.17 Å². The Labute approximate surface area is 116 Å². The molecule has 2 atom stereocenters. The molecule has 1 fully saturated rings. The highest BCUT2D eigenvalue weighted by Gasteiger charge is 2.43. The maximum Gasteiger partial charge on any atom is 0.271 e. The van der Waals surface area contributed by atoms with Crippen LogP contribution in [0.25, 0.3) is 0 Å². The molecule has 1 aromatic rings. The second-order valence-electron chi connectivity index (χ2n) is 5.11. The Morgan fingerprint density at radius 1 is 1.40 bits per heavy atom. The number of alkyl halides is 1. The number of aromatic nitrogens is 2. The third-order valence-corrected chi connectivity index (χ3v) is 3.19. The molecular formula is C13H17FN4O2. The Kier molecular flexibility index (Phi) is 3.96. The Morgan fingerprint density at radius 2 is 2.05 bits per heavy atom. The lowest BCUT2D eigenvalue weighted by atomic mass is 10.0. The Bertz CT molecular complexity index is 547. The zero-order chi connectivity index (χ0) is 14.9. The van der Waals surface area contributed by atoms with Crippen molar-refractivity contribution in [1.82, 2.24) is 15.5 Å². The molecule has 7 heteroatoms. The monoisotopic (exact) mass is 280 g/mol. The minimum absolute atomic E-state index is 0.0447. The Morgan fingerprint density at radius 3 is 2.55 bits per heavy atom. The number of nitrogens with zero attached hydrogens (tertiary/aromatic N) is 2. The molecule has 0 radical (unpaired) electrons. The average molecular weight is 280 g/mol. The first-order chi connectivity index (χ1) is 9.43. The zero-order valence-corrected chi connectivity index (χ0v) is 11.6. The van der Waals surface area contributed by atoms with E-state index in [9.17, 15) is 14.0 Å². The highest BCUT2D eigenvalue weighted by Crippen LogP contribution is 2.34. The van der Waals surface area contributed by atoms with Crippen LogP contribution in [-0.2, 0) is 4.79 Å². The largest absolute Gasteiger partial charge is 0.354 e. The van der Waals surface area contributed by atoms with E-state index in [4.69, 9.17) is 0 Å². The Hall–Kier alpha value is -2.05. The van der Waals surface area contributed by atoms with Gasteiger partial charge in [0, 0.05) is 7.05 Å². The van der Waals surface area contributed by atoms with Crippen LogP contribution in [0.3, 0.4) is 0 Å². The van der Waals surface area contributed by atoms with Crippen LogP contribution in [0.2, 0.25) is 0 Å². The van der Waals surface area contributed by atoms with Crippen molar-refractivity contribution in [3.63, 3.8) is 0 Å². The minimum atomic E-state index is -1.06. The molecule has 0 bridgehead atoms. The molecule has 0 unspecified atom stereocenters. The molecule has 1 saturated carbocycles. The highest BCUT2D eigenvalue weighted by atomic mass is 19.1. The SMILES string of the molecule is CNC(=O)c1nnc(NC(=O)[C@@H]2C[C@@H]2F)cc1C(C)C. The molecule has 6 nitrogen and oxygen atoms in total. The quantitative estimate of drug-likeness (QED) is 0.869.